The number of carboxylic acids is 1. The van der Waals surface area contributed by atoms with Gasteiger partial charge in [0.25, 0.3) is 0 Å². The average molecular weight is 300 g/mol. The monoisotopic (exact) mass is 300 g/mol. The maximum absolute atomic E-state index is 11.8. The molecule has 1 rings (SSSR count). The standard InChI is InChI=1S/C12H16N2O5S/c1-8(15)7-14-20(18,19)10-4-2-9(3-5-10)6-11(13)12(16)17/h2-5,11,14H,6-7,13H2,1H3,(H,16,17). The van der Waals surface area contributed by atoms with E-state index in [4.69, 9.17) is 10.8 Å². The van der Waals surface area contributed by atoms with Crippen LogP contribution in [0.5, 0.6) is 0 Å². The van der Waals surface area contributed by atoms with E-state index in [1.54, 1.807) is 0 Å². The predicted molar refractivity (Wildman–Crippen MR) is 71.6 cm³/mol. The Morgan fingerprint density at radius 3 is 2.30 bits per heavy atom. The molecule has 0 amide bonds. The van der Waals surface area contributed by atoms with Crippen molar-refractivity contribution in [3.63, 3.8) is 0 Å². The zero-order valence-corrected chi connectivity index (χ0v) is 11.7. The highest BCUT2D eigenvalue weighted by Crippen LogP contribution is 2.11. The molecule has 0 saturated heterocycles. The second-order valence-electron chi connectivity index (χ2n) is 4.32. The first kappa shape index (κ1) is 16.3. The first-order valence-electron chi connectivity index (χ1n) is 5.79. The number of carbonyl (C=O) groups is 2. The number of hydrogen-bond donors (Lipinski definition) is 3. The van der Waals surface area contributed by atoms with Crippen LogP contribution in [-0.4, -0.2) is 37.9 Å². The minimum atomic E-state index is -3.74. The van der Waals surface area contributed by atoms with E-state index in [-0.39, 0.29) is 23.6 Å². The van der Waals surface area contributed by atoms with Crippen molar-refractivity contribution < 1.29 is 23.1 Å². The molecule has 1 aromatic carbocycles. The molecule has 8 heteroatoms. The summed E-state index contributed by atoms with van der Waals surface area (Å²) in [5, 5.41) is 8.69. The van der Waals surface area contributed by atoms with E-state index in [2.05, 4.69) is 4.72 Å². The van der Waals surface area contributed by atoms with Crippen LogP contribution in [0.3, 0.4) is 0 Å². The largest absolute Gasteiger partial charge is 0.480 e. The normalized spacial score (nSPS) is 12.9. The van der Waals surface area contributed by atoms with Crippen molar-refractivity contribution in [2.75, 3.05) is 6.54 Å². The summed E-state index contributed by atoms with van der Waals surface area (Å²) in [6, 6.07) is 4.63. The van der Waals surface area contributed by atoms with Gasteiger partial charge in [0, 0.05) is 0 Å². The summed E-state index contributed by atoms with van der Waals surface area (Å²) in [6.45, 7) is 1.01. The Labute approximate surface area is 116 Å². The highest BCUT2D eigenvalue weighted by molar-refractivity contribution is 7.89. The maximum atomic E-state index is 11.8. The lowest BCUT2D eigenvalue weighted by molar-refractivity contribution is -0.138. The number of sulfonamides is 1. The van der Waals surface area contributed by atoms with E-state index >= 15 is 0 Å². The molecule has 1 atom stereocenters. The van der Waals surface area contributed by atoms with Gasteiger partial charge >= 0.3 is 5.97 Å². The summed E-state index contributed by atoms with van der Waals surface area (Å²) >= 11 is 0. The van der Waals surface area contributed by atoms with Gasteiger partial charge in [-0.1, -0.05) is 12.1 Å². The Hall–Kier alpha value is -1.77. The van der Waals surface area contributed by atoms with Crippen LogP contribution in [-0.2, 0) is 26.0 Å². The van der Waals surface area contributed by atoms with Crippen molar-refractivity contribution >= 4 is 21.8 Å². The van der Waals surface area contributed by atoms with Crippen LogP contribution in [0.25, 0.3) is 0 Å². The third-order valence-electron chi connectivity index (χ3n) is 2.52. The van der Waals surface area contributed by atoms with Crippen molar-refractivity contribution in [1.29, 1.82) is 0 Å². The highest BCUT2D eigenvalue weighted by Gasteiger charge is 2.16. The molecule has 20 heavy (non-hydrogen) atoms. The molecular weight excluding hydrogens is 284 g/mol. The molecule has 0 aromatic heterocycles. The van der Waals surface area contributed by atoms with Crippen molar-refractivity contribution in [2.24, 2.45) is 5.73 Å². The Morgan fingerprint density at radius 1 is 1.30 bits per heavy atom. The molecule has 0 aliphatic heterocycles. The van der Waals surface area contributed by atoms with Crippen LogP contribution in [0.4, 0.5) is 0 Å². The molecule has 0 radical (unpaired) electrons. The summed E-state index contributed by atoms with van der Waals surface area (Å²) < 4.78 is 25.7. The van der Waals surface area contributed by atoms with Crippen molar-refractivity contribution in [3.05, 3.63) is 29.8 Å². The van der Waals surface area contributed by atoms with Gasteiger partial charge in [-0.15, -0.1) is 0 Å². The average Bonchev–Trinajstić information content (AvgIpc) is 2.37. The van der Waals surface area contributed by atoms with Crippen molar-refractivity contribution in [3.8, 4) is 0 Å². The fraction of sp³-hybridized carbons (Fsp3) is 0.333. The number of nitrogens with one attached hydrogen (secondary N) is 1. The van der Waals surface area contributed by atoms with Gasteiger partial charge in [0.2, 0.25) is 10.0 Å². The first-order chi connectivity index (χ1) is 9.22. The fourth-order valence-corrected chi connectivity index (χ4v) is 2.48. The van der Waals surface area contributed by atoms with Gasteiger partial charge in [-0.05, 0) is 31.0 Å². The summed E-state index contributed by atoms with van der Waals surface area (Å²) in [5.74, 6) is -1.41. The summed E-state index contributed by atoms with van der Waals surface area (Å²) in [7, 11) is -3.74. The van der Waals surface area contributed by atoms with Gasteiger partial charge in [0.05, 0.1) is 11.4 Å². The van der Waals surface area contributed by atoms with Crippen LogP contribution >= 0.6 is 0 Å². The maximum Gasteiger partial charge on any atom is 0.320 e. The molecule has 0 aliphatic rings. The molecule has 4 N–H and O–H groups in total. The Morgan fingerprint density at radius 2 is 1.85 bits per heavy atom. The lowest BCUT2D eigenvalue weighted by Crippen LogP contribution is -2.32. The van der Waals surface area contributed by atoms with E-state index in [0.717, 1.165) is 0 Å². The summed E-state index contributed by atoms with van der Waals surface area (Å²) in [4.78, 5) is 21.4. The smallest absolute Gasteiger partial charge is 0.320 e. The van der Waals surface area contributed by atoms with Gasteiger partial charge in [0.15, 0.2) is 0 Å². The Kier molecular flexibility index (Phi) is 5.37. The third kappa shape index (κ3) is 4.72. The number of rotatable bonds is 7. The lowest BCUT2D eigenvalue weighted by atomic mass is 10.1. The molecule has 110 valence electrons. The van der Waals surface area contributed by atoms with Crippen LogP contribution in [0.2, 0.25) is 0 Å². The topological polar surface area (TPSA) is 127 Å². The quantitative estimate of drug-likeness (QED) is 0.623. The summed E-state index contributed by atoms with van der Waals surface area (Å²) in [5.41, 5.74) is 6.00. The number of Topliss-reactive ketones (excluding diaryl/α,β-unsaturated/α-hetero) is 1. The minimum absolute atomic E-state index is 0.00592. The second-order valence-corrected chi connectivity index (χ2v) is 6.09. The van der Waals surface area contributed by atoms with Gasteiger partial charge in [-0.25, -0.2) is 13.1 Å². The summed E-state index contributed by atoms with van der Waals surface area (Å²) in [6.07, 6.45) is 0.108. The van der Waals surface area contributed by atoms with Gasteiger partial charge < -0.3 is 10.8 Å². The first-order valence-corrected chi connectivity index (χ1v) is 7.27. The van der Waals surface area contributed by atoms with Crippen molar-refractivity contribution in [2.45, 2.75) is 24.3 Å². The molecule has 7 nitrogen and oxygen atoms in total. The van der Waals surface area contributed by atoms with Gasteiger partial charge in [-0.2, -0.15) is 0 Å². The third-order valence-corrected chi connectivity index (χ3v) is 3.93. The molecule has 1 aromatic rings. The molecule has 0 aliphatic carbocycles. The van der Waals surface area contributed by atoms with Crippen LogP contribution in [0.15, 0.2) is 29.2 Å². The molecule has 0 bridgehead atoms. The van der Waals surface area contributed by atoms with Crippen LogP contribution in [0.1, 0.15) is 12.5 Å². The zero-order valence-electron chi connectivity index (χ0n) is 10.9. The van der Waals surface area contributed by atoms with E-state index in [0.29, 0.717) is 5.56 Å². The highest BCUT2D eigenvalue weighted by atomic mass is 32.2. The number of ketones is 1. The van der Waals surface area contributed by atoms with Gasteiger partial charge in [-0.3, -0.25) is 9.59 Å². The molecule has 0 fully saturated rings. The molecular formula is C12H16N2O5S. The zero-order chi connectivity index (χ0) is 15.3. The number of carboxylic acid groups (broad SMARTS) is 1. The van der Waals surface area contributed by atoms with E-state index in [1.165, 1.54) is 31.2 Å². The minimum Gasteiger partial charge on any atom is -0.480 e. The van der Waals surface area contributed by atoms with Crippen LogP contribution in [0, 0.1) is 0 Å². The molecule has 0 heterocycles. The number of aliphatic carboxylic acids is 1. The number of benzene rings is 1. The lowest BCUT2D eigenvalue weighted by Gasteiger charge is -2.08. The fourth-order valence-electron chi connectivity index (χ4n) is 1.43. The molecule has 0 saturated carbocycles. The van der Waals surface area contributed by atoms with Crippen molar-refractivity contribution in [1.82, 2.24) is 4.72 Å². The molecule has 1 unspecified atom stereocenters. The number of hydrogen-bond acceptors (Lipinski definition) is 5. The van der Waals surface area contributed by atoms with Crippen LogP contribution < -0.4 is 10.5 Å². The number of nitrogens with two attached hydrogens (primary N) is 1. The van der Waals surface area contributed by atoms with Gasteiger partial charge in [0.1, 0.15) is 11.8 Å². The second kappa shape index (κ2) is 6.60. The molecule has 0 spiro atoms. The Bertz CT molecular complexity index is 595. The van der Waals surface area contributed by atoms with E-state index in [1.807, 2.05) is 0 Å². The predicted octanol–water partition coefficient (Wildman–Crippen LogP) is -0.492. The van der Waals surface area contributed by atoms with E-state index in [9.17, 15) is 18.0 Å². The van der Waals surface area contributed by atoms with E-state index < -0.39 is 22.0 Å². The Balaban J connectivity index is 2.80. The number of carbonyl (C=O) groups excluding carboxylic acids is 1. The SMILES string of the molecule is CC(=O)CNS(=O)(=O)c1ccc(CC(N)C(=O)O)cc1.